The average molecular weight is 403 g/mol. The second-order valence-electron chi connectivity index (χ2n) is 7.43. The van der Waals surface area contributed by atoms with Crippen molar-refractivity contribution in [2.75, 3.05) is 19.4 Å². The van der Waals surface area contributed by atoms with Crippen LogP contribution >= 0.6 is 11.8 Å². The highest BCUT2D eigenvalue weighted by Gasteiger charge is 2.26. The Labute approximate surface area is 171 Å². The number of piperidine rings is 1. The lowest BCUT2D eigenvalue weighted by atomic mass is 10.0. The van der Waals surface area contributed by atoms with Gasteiger partial charge in [0.05, 0.1) is 12.9 Å². The normalized spacial score (nSPS) is 17.2. The predicted octanol–water partition coefficient (Wildman–Crippen LogP) is 4.42. The molecule has 28 heavy (non-hydrogen) atoms. The number of thioether (sulfide) groups is 1. The molecular formula is C21H30N4O2S. The second kappa shape index (κ2) is 9.45. The summed E-state index contributed by atoms with van der Waals surface area (Å²) in [4.78, 5) is 14.9. The van der Waals surface area contributed by atoms with Gasteiger partial charge < -0.3 is 9.64 Å². The molecule has 2 aromatic rings. The topological polar surface area (TPSA) is 60.3 Å². The first-order valence-electron chi connectivity index (χ1n) is 10.1. The van der Waals surface area contributed by atoms with Gasteiger partial charge in [0.1, 0.15) is 5.75 Å². The first-order chi connectivity index (χ1) is 13.5. The number of aromatic nitrogens is 3. The van der Waals surface area contributed by atoms with E-state index in [-0.39, 0.29) is 11.9 Å². The molecule has 1 saturated heterocycles. The smallest absolute Gasteiger partial charge is 0.233 e. The quantitative estimate of drug-likeness (QED) is 0.642. The van der Waals surface area contributed by atoms with Gasteiger partial charge in [-0.25, -0.2) is 0 Å². The van der Waals surface area contributed by atoms with Crippen molar-refractivity contribution in [1.82, 2.24) is 19.7 Å². The van der Waals surface area contributed by atoms with Crippen molar-refractivity contribution in [1.29, 1.82) is 0 Å². The van der Waals surface area contributed by atoms with E-state index in [0.29, 0.717) is 11.8 Å². The van der Waals surface area contributed by atoms with Gasteiger partial charge in [0.15, 0.2) is 11.0 Å². The summed E-state index contributed by atoms with van der Waals surface area (Å²) in [7, 11) is 1.66. The standard InChI is InChI=1S/C21H30N4O2S/c1-5-17-8-6-7-13-24(17)19(26)14-28-21-23-22-20(25(21)15(2)3)16-9-11-18(27-4)12-10-16/h9-12,15,17H,5-8,13-14H2,1-4H3/t17-/m0/s1. The van der Waals surface area contributed by atoms with Gasteiger partial charge >= 0.3 is 0 Å². The van der Waals surface area contributed by atoms with Gasteiger partial charge in [0, 0.05) is 24.2 Å². The van der Waals surface area contributed by atoms with Gasteiger partial charge in [-0.05, 0) is 63.8 Å². The third kappa shape index (κ3) is 4.51. The highest BCUT2D eigenvalue weighted by Crippen LogP contribution is 2.29. The Hall–Kier alpha value is -2.02. The van der Waals surface area contributed by atoms with Crippen molar-refractivity contribution in [3.05, 3.63) is 24.3 Å². The van der Waals surface area contributed by atoms with Gasteiger partial charge in [-0.15, -0.1) is 10.2 Å². The Morgan fingerprint density at radius 3 is 2.64 bits per heavy atom. The van der Waals surface area contributed by atoms with Crippen LogP contribution < -0.4 is 4.74 Å². The molecule has 0 radical (unpaired) electrons. The van der Waals surface area contributed by atoms with Gasteiger partial charge in [0.2, 0.25) is 5.91 Å². The fraction of sp³-hybridized carbons (Fsp3) is 0.571. The number of hydrogen-bond donors (Lipinski definition) is 0. The molecule has 152 valence electrons. The summed E-state index contributed by atoms with van der Waals surface area (Å²) in [5, 5.41) is 9.59. The van der Waals surface area contributed by atoms with Crippen molar-refractivity contribution in [2.24, 2.45) is 0 Å². The Morgan fingerprint density at radius 1 is 1.25 bits per heavy atom. The molecule has 1 amide bonds. The number of amides is 1. The van der Waals surface area contributed by atoms with Crippen LogP contribution in [0.3, 0.4) is 0 Å². The van der Waals surface area contributed by atoms with Crippen LogP contribution in [-0.2, 0) is 4.79 Å². The molecule has 6 nitrogen and oxygen atoms in total. The first kappa shape index (κ1) is 20.7. The lowest BCUT2D eigenvalue weighted by Gasteiger charge is -2.35. The number of hydrogen-bond acceptors (Lipinski definition) is 5. The van der Waals surface area contributed by atoms with Crippen molar-refractivity contribution < 1.29 is 9.53 Å². The monoisotopic (exact) mass is 402 g/mol. The zero-order chi connectivity index (χ0) is 20.1. The predicted molar refractivity (Wildman–Crippen MR) is 113 cm³/mol. The number of likely N-dealkylation sites (tertiary alicyclic amines) is 1. The van der Waals surface area contributed by atoms with E-state index >= 15 is 0 Å². The lowest BCUT2D eigenvalue weighted by Crippen LogP contribution is -2.44. The highest BCUT2D eigenvalue weighted by molar-refractivity contribution is 7.99. The summed E-state index contributed by atoms with van der Waals surface area (Å²) in [6.45, 7) is 7.27. The minimum absolute atomic E-state index is 0.197. The minimum Gasteiger partial charge on any atom is -0.497 e. The molecule has 1 aliphatic heterocycles. The third-order valence-corrected chi connectivity index (χ3v) is 6.20. The number of rotatable bonds is 7. The molecule has 7 heteroatoms. The molecule has 0 spiro atoms. The Kier molecular flexibility index (Phi) is 6.99. The van der Waals surface area contributed by atoms with E-state index < -0.39 is 0 Å². The lowest BCUT2D eigenvalue weighted by molar-refractivity contribution is -0.132. The summed E-state index contributed by atoms with van der Waals surface area (Å²) < 4.78 is 7.34. The Bertz CT molecular complexity index is 788. The molecule has 0 unspecified atom stereocenters. The molecule has 0 aliphatic carbocycles. The largest absolute Gasteiger partial charge is 0.497 e. The number of ether oxygens (including phenoxy) is 1. The van der Waals surface area contributed by atoms with Crippen LogP contribution in [0.5, 0.6) is 5.75 Å². The fourth-order valence-electron chi connectivity index (χ4n) is 3.74. The highest BCUT2D eigenvalue weighted by atomic mass is 32.2. The average Bonchev–Trinajstić information content (AvgIpc) is 3.16. The van der Waals surface area contributed by atoms with Crippen molar-refractivity contribution in [3.63, 3.8) is 0 Å². The van der Waals surface area contributed by atoms with Crippen LogP contribution in [0.1, 0.15) is 52.5 Å². The molecule has 1 aromatic heterocycles. The number of benzene rings is 1. The summed E-state index contributed by atoms with van der Waals surface area (Å²) >= 11 is 1.49. The van der Waals surface area contributed by atoms with E-state index in [0.717, 1.165) is 48.1 Å². The van der Waals surface area contributed by atoms with Crippen LogP contribution in [0, 0.1) is 0 Å². The molecule has 1 aliphatic rings. The molecule has 0 N–H and O–H groups in total. The summed E-state index contributed by atoms with van der Waals surface area (Å²) in [5.41, 5.74) is 0.988. The third-order valence-electron chi connectivity index (χ3n) is 5.27. The molecular weight excluding hydrogens is 372 g/mol. The molecule has 1 aromatic carbocycles. The minimum atomic E-state index is 0.197. The van der Waals surface area contributed by atoms with E-state index in [9.17, 15) is 4.79 Å². The van der Waals surface area contributed by atoms with Crippen LogP contribution in [0.2, 0.25) is 0 Å². The summed E-state index contributed by atoms with van der Waals surface area (Å²) in [6, 6.07) is 8.41. The second-order valence-corrected chi connectivity index (χ2v) is 8.37. The number of carbonyl (C=O) groups is 1. The zero-order valence-electron chi connectivity index (χ0n) is 17.2. The van der Waals surface area contributed by atoms with Gasteiger partial charge in [-0.2, -0.15) is 0 Å². The fourth-order valence-corrected chi connectivity index (χ4v) is 4.69. The number of nitrogens with zero attached hydrogens (tertiary/aromatic N) is 4. The number of methoxy groups -OCH3 is 1. The number of carbonyl (C=O) groups excluding carboxylic acids is 1. The van der Waals surface area contributed by atoms with E-state index in [1.807, 2.05) is 24.3 Å². The SMILES string of the molecule is CC[C@H]1CCCCN1C(=O)CSc1nnc(-c2ccc(OC)cc2)n1C(C)C. The van der Waals surface area contributed by atoms with Crippen LogP contribution in [-0.4, -0.2) is 51.0 Å². The van der Waals surface area contributed by atoms with Crippen LogP contribution in [0.25, 0.3) is 11.4 Å². The van der Waals surface area contributed by atoms with Gasteiger partial charge in [-0.1, -0.05) is 18.7 Å². The molecule has 0 bridgehead atoms. The van der Waals surface area contributed by atoms with Crippen LogP contribution in [0.15, 0.2) is 29.4 Å². The zero-order valence-corrected chi connectivity index (χ0v) is 18.0. The summed E-state index contributed by atoms with van der Waals surface area (Å²) in [5.74, 6) is 2.24. The molecule has 3 rings (SSSR count). The molecule has 0 saturated carbocycles. The first-order valence-corrected chi connectivity index (χ1v) is 11.0. The van der Waals surface area contributed by atoms with E-state index in [1.165, 1.54) is 18.2 Å². The van der Waals surface area contributed by atoms with Crippen LogP contribution in [0.4, 0.5) is 0 Å². The molecule has 1 fully saturated rings. The van der Waals surface area contributed by atoms with E-state index in [1.54, 1.807) is 7.11 Å². The Morgan fingerprint density at radius 2 is 2.00 bits per heavy atom. The maximum atomic E-state index is 12.8. The Balaban J connectivity index is 1.75. The van der Waals surface area contributed by atoms with E-state index in [4.69, 9.17) is 4.74 Å². The van der Waals surface area contributed by atoms with Crippen molar-refractivity contribution in [3.8, 4) is 17.1 Å². The molecule has 2 heterocycles. The van der Waals surface area contributed by atoms with Crippen molar-refractivity contribution in [2.45, 2.75) is 63.7 Å². The molecule has 1 atom stereocenters. The maximum absolute atomic E-state index is 12.8. The maximum Gasteiger partial charge on any atom is 0.233 e. The van der Waals surface area contributed by atoms with Gasteiger partial charge in [0.25, 0.3) is 0 Å². The van der Waals surface area contributed by atoms with Gasteiger partial charge in [-0.3, -0.25) is 9.36 Å². The van der Waals surface area contributed by atoms with Crippen molar-refractivity contribution >= 4 is 17.7 Å². The summed E-state index contributed by atoms with van der Waals surface area (Å²) in [6.07, 6.45) is 4.48. The van der Waals surface area contributed by atoms with E-state index in [2.05, 4.69) is 40.4 Å².